The molecule has 2 N–H and O–H groups in total. The van der Waals surface area contributed by atoms with E-state index in [0.29, 0.717) is 30.0 Å². The van der Waals surface area contributed by atoms with Gasteiger partial charge >= 0.3 is 5.97 Å². The second-order valence-corrected chi connectivity index (χ2v) is 6.25. The summed E-state index contributed by atoms with van der Waals surface area (Å²) in [6.45, 7) is 1.96. The number of rotatable bonds is 5. The van der Waals surface area contributed by atoms with Gasteiger partial charge in [0, 0.05) is 0 Å². The topological polar surface area (TPSA) is 84.2 Å². The number of carboxylic acid groups (broad SMARTS) is 1. The molecule has 6 nitrogen and oxygen atoms in total. The van der Waals surface area contributed by atoms with E-state index in [9.17, 15) is 9.59 Å². The van der Waals surface area contributed by atoms with Crippen molar-refractivity contribution in [3.05, 3.63) is 41.2 Å². The number of carbonyl (C=O) groups is 2. The van der Waals surface area contributed by atoms with E-state index in [1.54, 1.807) is 16.9 Å². The van der Waals surface area contributed by atoms with Gasteiger partial charge in [-0.2, -0.15) is 5.10 Å². The standard InChI is InChI=1S/C17H18ClN3O3/c1-2-14-13(20-16(22)10-7-8-11(10)17(23)24)9-19-21(14)15-6-4-3-5-12(15)18/h3-6,9-11H,2,7-8H2,1H3,(H,20,22)(H,23,24)/t10-,11+/m1/s1. The Morgan fingerprint density at radius 2 is 2.04 bits per heavy atom. The van der Waals surface area contributed by atoms with Gasteiger partial charge in [0.2, 0.25) is 5.91 Å². The Hall–Kier alpha value is -2.34. The maximum Gasteiger partial charge on any atom is 0.307 e. The molecule has 0 radical (unpaired) electrons. The molecule has 1 aliphatic rings. The Morgan fingerprint density at radius 1 is 1.33 bits per heavy atom. The molecule has 0 unspecified atom stereocenters. The van der Waals surface area contributed by atoms with Gasteiger partial charge in [-0.15, -0.1) is 0 Å². The van der Waals surface area contributed by atoms with Gasteiger partial charge in [-0.05, 0) is 31.4 Å². The molecule has 1 saturated carbocycles. The number of nitrogens with zero attached hydrogens (tertiary/aromatic N) is 2. The third kappa shape index (κ3) is 2.89. The van der Waals surface area contributed by atoms with E-state index in [1.165, 1.54) is 0 Å². The van der Waals surface area contributed by atoms with Crippen molar-refractivity contribution in [2.24, 2.45) is 11.8 Å². The second kappa shape index (κ2) is 6.65. The summed E-state index contributed by atoms with van der Waals surface area (Å²) < 4.78 is 1.70. The van der Waals surface area contributed by atoms with Gasteiger partial charge < -0.3 is 10.4 Å². The zero-order chi connectivity index (χ0) is 17.3. The van der Waals surface area contributed by atoms with Crippen LogP contribution < -0.4 is 5.32 Å². The summed E-state index contributed by atoms with van der Waals surface area (Å²) in [6.07, 6.45) is 3.37. The molecule has 1 heterocycles. The molecule has 1 aromatic carbocycles. The number of aromatic nitrogens is 2. The molecule has 1 amide bonds. The summed E-state index contributed by atoms with van der Waals surface area (Å²) in [5.41, 5.74) is 2.16. The number of nitrogens with one attached hydrogen (secondary N) is 1. The van der Waals surface area contributed by atoms with Crippen LogP contribution in [0.4, 0.5) is 5.69 Å². The second-order valence-electron chi connectivity index (χ2n) is 5.84. The number of carbonyl (C=O) groups excluding carboxylic acids is 1. The maximum absolute atomic E-state index is 12.4. The lowest BCUT2D eigenvalue weighted by Crippen LogP contribution is -2.41. The fourth-order valence-corrected chi connectivity index (χ4v) is 3.20. The van der Waals surface area contributed by atoms with Crippen LogP contribution >= 0.6 is 11.6 Å². The highest BCUT2D eigenvalue weighted by molar-refractivity contribution is 6.32. The predicted molar refractivity (Wildman–Crippen MR) is 90.4 cm³/mol. The van der Waals surface area contributed by atoms with Crippen LogP contribution in [0.15, 0.2) is 30.5 Å². The zero-order valence-electron chi connectivity index (χ0n) is 13.2. The van der Waals surface area contributed by atoms with Crippen LogP contribution in [-0.2, 0) is 16.0 Å². The van der Waals surface area contributed by atoms with Crippen LogP contribution in [0.1, 0.15) is 25.5 Å². The average molecular weight is 348 g/mol. The lowest BCUT2D eigenvalue weighted by atomic mass is 9.73. The van der Waals surface area contributed by atoms with Crippen molar-refractivity contribution in [1.82, 2.24) is 9.78 Å². The summed E-state index contributed by atoms with van der Waals surface area (Å²) in [7, 11) is 0. The predicted octanol–water partition coefficient (Wildman–Crippen LogP) is 3.14. The minimum Gasteiger partial charge on any atom is -0.481 e. The van der Waals surface area contributed by atoms with Gasteiger partial charge in [-0.3, -0.25) is 9.59 Å². The van der Waals surface area contributed by atoms with Gasteiger partial charge in [0.1, 0.15) is 0 Å². The van der Waals surface area contributed by atoms with Crippen molar-refractivity contribution in [2.45, 2.75) is 26.2 Å². The number of hydrogen-bond donors (Lipinski definition) is 2. The first-order valence-electron chi connectivity index (χ1n) is 7.88. The van der Waals surface area contributed by atoms with Crippen LogP contribution in [0.25, 0.3) is 5.69 Å². The first kappa shape index (κ1) is 16.5. The summed E-state index contributed by atoms with van der Waals surface area (Å²) in [5.74, 6) is -2.24. The van der Waals surface area contributed by atoms with E-state index >= 15 is 0 Å². The zero-order valence-corrected chi connectivity index (χ0v) is 14.0. The fraction of sp³-hybridized carbons (Fsp3) is 0.353. The number of aliphatic carboxylic acids is 1. The van der Waals surface area contributed by atoms with E-state index in [-0.39, 0.29) is 5.91 Å². The highest BCUT2D eigenvalue weighted by Crippen LogP contribution is 2.35. The quantitative estimate of drug-likeness (QED) is 0.870. The lowest BCUT2D eigenvalue weighted by molar-refractivity contribution is -0.151. The Kier molecular flexibility index (Phi) is 4.57. The molecule has 24 heavy (non-hydrogen) atoms. The molecule has 2 atom stereocenters. The van der Waals surface area contributed by atoms with Gasteiger partial charge in [-0.25, -0.2) is 4.68 Å². The number of anilines is 1. The van der Waals surface area contributed by atoms with E-state index in [1.807, 2.05) is 25.1 Å². The highest BCUT2D eigenvalue weighted by atomic mass is 35.5. The molecule has 0 spiro atoms. The molecular formula is C17H18ClN3O3. The van der Waals surface area contributed by atoms with Crippen molar-refractivity contribution in [1.29, 1.82) is 0 Å². The summed E-state index contributed by atoms with van der Waals surface area (Å²) in [6, 6.07) is 7.34. The van der Waals surface area contributed by atoms with Crippen LogP contribution in [0.5, 0.6) is 0 Å². The van der Waals surface area contributed by atoms with Crippen LogP contribution in [0, 0.1) is 11.8 Å². The first-order chi connectivity index (χ1) is 11.5. The van der Waals surface area contributed by atoms with Gasteiger partial charge in [0.15, 0.2) is 0 Å². The Labute approximate surface area is 144 Å². The van der Waals surface area contributed by atoms with Crippen LogP contribution in [0.2, 0.25) is 5.02 Å². The van der Waals surface area contributed by atoms with Crippen molar-refractivity contribution in [3.63, 3.8) is 0 Å². The van der Waals surface area contributed by atoms with Gasteiger partial charge in [0.25, 0.3) is 0 Å². The number of para-hydroxylation sites is 1. The molecule has 0 saturated heterocycles. The van der Waals surface area contributed by atoms with E-state index < -0.39 is 17.8 Å². The van der Waals surface area contributed by atoms with Gasteiger partial charge in [-0.1, -0.05) is 30.7 Å². The summed E-state index contributed by atoms with van der Waals surface area (Å²) >= 11 is 6.23. The largest absolute Gasteiger partial charge is 0.481 e. The SMILES string of the molecule is CCc1c(NC(=O)[C@@H]2CC[C@@H]2C(=O)O)cnn1-c1ccccc1Cl. The van der Waals surface area contributed by atoms with E-state index in [0.717, 1.165) is 11.4 Å². The summed E-state index contributed by atoms with van der Waals surface area (Å²) in [5, 5.41) is 16.8. The average Bonchev–Trinajstić information content (AvgIpc) is 2.88. The summed E-state index contributed by atoms with van der Waals surface area (Å²) in [4.78, 5) is 23.4. The van der Waals surface area contributed by atoms with Gasteiger partial charge in [0.05, 0.1) is 40.1 Å². The Balaban J connectivity index is 1.84. The van der Waals surface area contributed by atoms with E-state index in [2.05, 4.69) is 10.4 Å². The lowest BCUT2D eigenvalue weighted by Gasteiger charge is -2.31. The number of carboxylic acids is 1. The molecule has 7 heteroatoms. The molecule has 0 aliphatic heterocycles. The Morgan fingerprint density at radius 3 is 2.62 bits per heavy atom. The van der Waals surface area contributed by atoms with Crippen molar-refractivity contribution >= 4 is 29.2 Å². The molecule has 0 bridgehead atoms. The van der Waals surface area contributed by atoms with Crippen LogP contribution in [-0.4, -0.2) is 26.8 Å². The van der Waals surface area contributed by atoms with Crippen molar-refractivity contribution in [2.75, 3.05) is 5.32 Å². The van der Waals surface area contributed by atoms with Crippen LogP contribution in [0.3, 0.4) is 0 Å². The molecule has 1 fully saturated rings. The minimum absolute atomic E-state index is 0.262. The molecule has 2 aromatic rings. The normalized spacial score (nSPS) is 19.6. The number of halogens is 1. The molecule has 1 aliphatic carbocycles. The number of amides is 1. The van der Waals surface area contributed by atoms with E-state index in [4.69, 9.17) is 16.7 Å². The van der Waals surface area contributed by atoms with Crippen molar-refractivity contribution < 1.29 is 14.7 Å². The Bertz CT molecular complexity index is 787. The smallest absolute Gasteiger partial charge is 0.307 e. The highest BCUT2D eigenvalue weighted by Gasteiger charge is 2.41. The van der Waals surface area contributed by atoms with Crippen molar-refractivity contribution in [3.8, 4) is 5.69 Å². The maximum atomic E-state index is 12.4. The third-order valence-electron chi connectivity index (χ3n) is 4.47. The monoisotopic (exact) mass is 347 g/mol. The number of hydrogen-bond acceptors (Lipinski definition) is 3. The fourth-order valence-electron chi connectivity index (χ4n) is 2.98. The molecular weight excluding hydrogens is 330 g/mol. The molecule has 3 rings (SSSR count). The first-order valence-corrected chi connectivity index (χ1v) is 8.26. The third-order valence-corrected chi connectivity index (χ3v) is 4.79. The number of benzene rings is 1. The molecule has 1 aromatic heterocycles. The minimum atomic E-state index is -0.913. The molecule has 126 valence electrons.